The van der Waals surface area contributed by atoms with E-state index in [1.54, 1.807) is 0 Å². The van der Waals surface area contributed by atoms with Crippen molar-refractivity contribution in [3.05, 3.63) is 24.3 Å². The fourth-order valence-electron chi connectivity index (χ4n) is 2.07. The molecule has 2 unspecified atom stereocenters. The van der Waals surface area contributed by atoms with Crippen molar-refractivity contribution in [2.75, 3.05) is 5.32 Å². The van der Waals surface area contributed by atoms with Crippen LogP contribution >= 0.6 is 0 Å². The smallest absolute Gasteiger partial charge is 0.214 e. The van der Waals surface area contributed by atoms with Gasteiger partial charge in [0.05, 0.1) is 0 Å². The van der Waals surface area contributed by atoms with Crippen LogP contribution in [0.1, 0.15) is 26.2 Å². The van der Waals surface area contributed by atoms with Crippen LogP contribution in [-0.4, -0.2) is 11.0 Å². The summed E-state index contributed by atoms with van der Waals surface area (Å²) in [5.74, 6) is 0.375. The minimum atomic E-state index is -0.416. The Morgan fingerprint density at radius 3 is 3.00 bits per heavy atom. The molecule has 76 valence electrons. The predicted molar refractivity (Wildman–Crippen MR) is 54.6 cm³/mol. The van der Waals surface area contributed by atoms with Gasteiger partial charge >= 0.3 is 0 Å². The van der Waals surface area contributed by atoms with Gasteiger partial charge in [-0.3, -0.25) is 0 Å². The van der Waals surface area contributed by atoms with Crippen LogP contribution in [-0.2, 0) is 0 Å². The molecule has 0 spiro atoms. The van der Waals surface area contributed by atoms with Crippen LogP contribution in [0.4, 0.5) is 10.1 Å². The minimum absolute atomic E-state index is 0.416. The molecule has 14 heavy (non-hydrogen) atoms. The van der Waals surface area contributed by atoms with E-state index < -0.39 is 5.95 Å². The topological polar surface area (TPSA) is 24.9 Å². The highest BCUT2D eigenvalue weighted by molar-refractivity contribution is 5.42. The molecule has 1 fully saturated rings. The van der Waals surface area contributed by atoms with Gasteiger partial charge in [0.15, 0.2) is 0 Å². The minimum Gasteiger partial charge on any atom is -0.382 e. The van der Waals surface area contributed by atoms with Crippen LogP contribution in [0.2, 0.25) is 0 Å². The van der Waals surface area contributed by atoms with Crippen molar-refractivity contribution in [3.63, 3.8) is 0 Å². The summed E-state index contributed by atoms with van der Waals surface area (Å²) in [6.45, 7) is 2.26. The number of nitrogens with zero attached hydrogens (tertiary/aromatic N) is 1. The average Bonchev–Trinajstić information content (AvgIpc) is 2.51. The highest BCUT2D eigenvalue weighted by Crippen LogP contribution is 2.27. The third-order valence-electron chi connectivity index (χ3n) is 2.79. The molecule has 1 aromatic rings. The Kier molecular flexibility index (Phi) is 2.66. The maximum Gasteiger partial charge on any atom is 0.214 e. The molecule has 1 aliphatic rings. The van der Waals surface area contributed by atoms with Crippen LogP contribution in [0.3, 0.4) is 0 Å². The molecule has 1 heterocycles. The van der Waals surface area contributed by atoms with Crippen molar-refractivity contribution < 1.29 is 4.39 Å². The zero-order valence-corrected chi connectivity index (χ0v) is 8.33. The summed E-state index contributed by atoms with van der Waals surface area (Å²) in [5, 5.41) is 3.33. The third-order valence-corrected chi connectivity index (χ3v) is 2.79. The average molecular weight is 194 g/mol. The monoisotopic (exact) mass is 194 g/mol. The van der Waals surface area contributed by atoms with Crippen molar-refractivity contribution in [3.8, 4) is 0 Å². The number of aromatic nitrogens is 1. The van der Waals surface area contributed by atoms with E-state index in [1.165, 1.54) is 31.5 Å². The number of pyridine rings is 1. The maximum atomic E-state index is 12.8. The molecule has 2 rings (SSSR count). The standard InChI is InChI=1S/C11H15FN2/c1-8-2-3-9(6-8)14-10-4-5-13-11(12)7-10/h4-5,7-9H,2-3,6H2,1H3,(H,13,14). The first kappa shape index (κ1) is 9.44. The van der Waals surface area contributed by atoms with E-state index in [2.05, 4.69) is 17.2 Å². The first-order valence-electron chi connectivity index (χ1n) is 5.12. The van der Waals surface area contributed by atoms with Gasteiger partial charge in [-0.2, -0.15) is 4.39 Å². The number of hydrogen-bond acceptors (Lipinski definition) is 2. The summed E-state index contributed by atoms with van der Waals surface area (Å²) in [7, 11) is 0. The number of nitrogens with one attached hydrogen (secondary N) is 1. The van der Waals surface area contributed by atoms with Crippen LogP contribution in [0, 0.1) is 11.9 Å². The van der Waals surface area contributed by atoms with Crippen molar-refractivity contribution in [1.29, 1.82) is 0 Å². The van der Waals surface area contributed by atoms with Gasteiger partial charge < -0.3 is 5.32 Å². The zero-order valence-electron chi connectivity index (χ0n) is 8.33. The number of anilines is 1. The molecule has 3 heteroatoms. The van der Waals surface area contributed by atoms with Gasteiger partial charge in [0.25, 0.3) is 0 Å². The SMILES string of the molecule is CC1CCC(Nc2ccnc(F)c2)C1. The van der Waals surface area contributed by atoms with E-state index in [0.29, 0.717) is 6.04 Å². The van der Waals surface area contributed by atoms with Crippen molar-refractivity contribution >= 4 is 5.69 Å². The van der Waals surface area contributed by atoms with E-state index >= 15 is 0 Å². The Morgan fingerprint density at radius 1 is 1.50 bits per heavy atom. The lowest BCUT2D eigenvalue weighted by molar-refractivity contribution is 0.583. The van der Waals surface area contributed by atoms with E-state index in [9.17, 15) is 4.39 Å². The quantitative estimate of drug-likeness (QED) is 0.732. The summed E-state index contributed by atoms with van der Waals surface area (Å²) in [4.78, 5) is 3.52. The molecular formula is C11H15FN2. The highest BCUT2D eigenvalue weighted by Gasteiger charge is 2.20. The second-order valence-corrected chi connectivity index (χ2v) is 4.13. The van der Waals surface area contributed by atoms with Gasteiger partial charge in [-0.05, 0) is 31.2 Å². The first-order chi connectivity index (χ1) is 6.74. The Morgan fingerprint density at radius 2 is 2.36 bits per heavy atom. The van der Waals surface area contributed by atoms with Gasteiger partial charge in [0.2, 0.25) is 5.95 Å². The predicted octanol–water partition coefficient (Wildman–Crippen LogP) is 2.82. The molecule has 2 nitrogen and oxygen atoms in total. The Bertz CT molecular complexity index is 314. The van der Waals surface area contributed by atoms with Crippen molar-refractivity contribution in [2.24, 2.45) is 5.92 Å². The molecule has 0 aliphatic heterocycles. The number of halogens is 1. The van der Waals surface area contributed by atoms with E-state index in [-0.39, 0.29) is 0 Å². The molecule has 0 amide bonds. The summed E-state index contributed by atoms with van der Waals surface area (Å²) in [6, 6.07) is 3.77. The molecule has 1 N–H and O–H groups in total. The second-order valence-electron chi connectivity index (χ2n) is 4.13. The Balaban J connectivity index is 1.97. The summed E-state index contributed by atoms with van der Waals surface area (Å²) < 4.78 is 12.8. The maximum absolute atomic E-state index is 12.8. The van der Waals surface area contributed by atoms with Crippen LogP contribution in [0.25, 0.3) is 0 Å². The Labute approximate surface area is 83.6 Å². The van der Waals surface area contributed by atoms with Gasteiger partial charge in [0, 0.05) is 24.0 Å². The first-order valence-corrected chi connectivity index (χ1v) is 5.12. The normalized spacial score (nSPS) is 26.4. The van der Waals surface area contributed by atoms with Gasteiger partial charge in [-0.15, -0.1) is 0 Å². The lowest BCUT2D eigenvalue weighted by Crippen LogP contribution is -2.15. The molecule has 0 aromatic carbocycles. The molecule has 0 radical (unpaired) electrons. The van der Waals surface area contributed by atoms with Crippen molar-refractivity contribution in [1.82, 2.24) is 4.98 Å². The fraction of sp³-hybridized carbons (Fsp3) is 0.545. The van der Waals surface area contributed by atoms with E-state index in [1.807, 2.05) is 6.07 Å². The summed E-state index contributed by atoms with van der Waals surface area (Å²) in [6.07, 6.45) is 5.14. The molecular weight excluding hydrogens is 179 g/mol. The van der Waals surface area contributed by atoms with E-state index in [0.717, 1.165) is 11.6 Å². The van der Waals surface area contributed by atoms with E-state index in [4.69, 9.17) is 0 Å². The highest BCUT2D eigenvalue weighted by atomic mass is 19.1. The van der Waals surface area contributed by atoms with Crippen LogP contribution in [0.15, 0.2) is 18.3 Å². The molecule has 1 saturated carbocycles. The lowest BCUT2D eigenvalue weighted by atomic mass is 10.1. The molecule has 0 bridgehead atoms. The van der Waals surface area contributed by atoms with Crippen molar-refractivity contribution in [2.45, 2.75) is 32.2 Å². The number of rotatable bonds is 2. The number of hydrogen-bond donors (Lipinski definition) is 1. The zero-order chi connectivity index (χ0) is 9.97. The molecule has 1 aliphatic carbocycles. The Hall–Kier alpha value is -1.12. The molecule has 0 saturated heterocycles. The van der Waals surface area contributed by atoms with Gasteiger partial charge in [0.1, 0.15) is 0 Å². The largest absolute Gasteiger partial charge is 0.382 e. The van der Waals surface area contributed by atoms with Crippen LogP contribution in [0.5, 0.6) is 0 Å². The van der Waals surface area contributed by atoms with Gasteiger partial charge in [-0.1, -0.05) is 6.92 Å². The van der Waals surface area contributed by atoms with Gasteiger partial charge in [-0.25, -0.2) is 4.98 Å². The second kappa shape index (κ2) is 3.95. The molecule has 1 aromatic heterocycles. The summed E-state index contributed by atoms with van der Waals surface area (Å²) >= 11 is 0. The lowest BCUT2D eigenvalue weighted by Gasteiger charge is -2.13. The molecule has 2 atom stereocenters. The summed E-state index contributed by atoms with van der Waals surface area (Å²) in [5.41, 5.74) is 0.844. The third kappa shape index (κ3) is 2.22. The fourth-order valence-corrected chi connectivity index (χ4v) is 2.07. The van der Waals surface area contributed by atoms with Crippen LogP contribution < -0.4 is 5.32 Å².